The average molecular weight is 292 g/mol. The predicted octanol–water partition coefficient (Wildman–Crippen LogP) is 0.806. The van der Waals surface area contributed by atoms with E-state index in [9.17, 15) is 22.8 Å². The van der Waals surface area contributed by atoms with Crippen molar-refractivity contribution >= 4 is 22.8 Å². The third-order valence-electron chi connectivity index (χ3n) is 1.75. The van der Waals surface area contributed by atoms with Crippen LogP contribution in [0.4, 0.5) is 13.2 Å². The first kappa shape index (κ1) is 17.1. The lowest BCUT2D eigenvalue weighted by atomic mass is 10.5. The molecule has 0 aromatic carbocycles. The third-order valence-corrected chi connectivity index (χ3v) is 1.86. The molecule has 0 aliphatic rings. The molecule has 0 saturated carbocycles. The van der Waals surface area contributed by atoms with Gasteiger partial charge in [0.25, 0.3) is 0 Å². The summed E-state index contributed by atoms with van der Waals surface area (Å²) in [6.07, 6.45) is -4.88. The molecule has 0 aliphatic carbocycles. The van der Waals surface area contributed by atoms with Gasteiger partial charge in [-0.1, -0.05) is 0 Å². The summed E-state index contributed by atoms with van der Waals surface area (Å²) in [6.45, 7) is -0.311. The molecule has 0 aromatic heterocycles. The van der Waals surface area contributed by atoms with E-state index in [4.69, 9.17) is 21.1 Å². The molecule has 0 spiro atoms. The SMILES string of the molecule is CN(CCOCCOCC(=O)Cl)C(=O)C(F)(F)F. The molecule has 0 rings (SSSR count). The molecular formula is C9H13ClF3NO4. The highest BCUT2D eigenvalue weighted by molar-refractivity contribution is 6.63. The van der Waals surface area contributed by atoms with Crippen molar-refractivity contribution in [3.63, 3.8) is 0 Å². The lowest BCUT2D eigenvalue weighted by Gasteiger charge is -2.18. The minimum Gasteiger partial charge on any atom is -0.377 e. The van der Waals surface area contributed by atoms with Gasteiger partial charge in [-0.3, -0.25) is 9.59 Å². The molecule has 0 bridgehead atoms. The van der Waals surface area contributed by atoms with Crippen LogP contribution in [0.1, 0.15) is 0 Å². The predicted molar refractivity (Wildman–Crippen MR) is 56.2 cm³/mol. The van der Waals surface area contributed by atoms with Gasteiger partial charge in [0.05, 0.1) is 19.8 Å². The van der Waals surface area contributed by atoms with E-state index in [0.29, 0.717) is 4.90 Å². The highest BCUT2D eigenvalue weighted by Crippen LogP contribution is 2.17. The summed E-state index contributed by atoms with van der Waals surface area (Å²) in [7, 11) is 1.03. The van der Waals surface area contributed by atoms with E-state index in [2.05, 4.69) is 0 Å². The molecule has 0 fully saturated rings. The molecule has 18 heavy (non-hydrogen) atoms. The minimum atomic E-state index is -4.88. The molecule has 0 aromatic rings. The van der Waals surface area contributed by atoms with Crippen molar-refractivity contribution in [3.05, 3.63) is 0 Å². The number of amides is 1. The van der Waals surface area contributed by atoms with Gasteiger partial charge >= 0.3 is 12.1 Å². The van der Waals surface area contributed by atoms with Crippen LogP contribution in [-0.4, -0.2) is 62.2 Å². The van der Waals surface area contributed by atoms with Gasteiger partial charge < -0.3 is 14.4 Å². The summed E-state index contributed by atoms with van der Waals surface area (Å²) < 4.78 is 45.5. The van der Waals surface area contributed by atoms with Crippen molar-refractivity contribution in [1.82, 2.24) is 4.90 Å². The lowest BCUT2D eigenvalue weighted by molar-refractivity contribution is -0.184. The van der Waals surface area contributed by atoms with E-state index in [1.165, 1.54) is 0 Å². The van der Waals surface area contributed by atoms with Crippen LogP contribution >= 0.6 is 11.6 Å². The minimum absolute atomic E-state index is 0.0590. The Bertz CT molecular complexity index is 285. The van der Waals surface area contributed by atoms with Crippen molar-refractivity contribution in [2.45, 2.75) is 6.18 Å². The van der Waals surface area contributed by atoms with Crippen LogP contribution in [0, 0.1) is 0 Å². The van der Waals surface area contributed by atoms with Crippen LogP contribution in [0.5, 0.6) is 0 Å². The molecule has 106 valence electrons. The fourth-order valence-corrected chi connectivity index (χ4v) is 0.969. The van der Waals surface area contributed by atoms with E-state index in [1.807, 2.05) is 0 Å². The van der Waals surface area contributed by atoms with Crippen LogP contribution in [0.2, 0.25) is 0 Å². The van der Waals surface area contributed by atoms with Crippen molar-refractivity contribution in [1.29, 1.82) is 0 Å². The van der Waals surface area contributed by atoms with Crippen LogP contribution in [0.3, 0.4) is 0 Å². The van der Waals surface area contributed by atoms with Gasteiger partial charge in [0.2, 0.25) is 5.24 Å². The summed E-state index contributed by atoms with van der Waals surface area (Å²) in [5.41, 5.74) is 0. The Balaban J connectivity index is 3.55. The van der Waals surface area contributed by atoms with Crippen molar-refractivity contribution < 1.29 is 32.2 Å². The Morgan fingerprint density at radius 3 is 2.22 bits per heavy atom. The molecule has 9 heteroatoms. The molecular weight excluding hydrogens is 279 g/mol. The Morgan fingerprint density at radius 1 is 1.17 bits per heavy atom. The Morgan fingerprint density at radius 2 is 1.72 bits per heavy atom. The van der Waals surface area contributed by atoms with Gasteiger partial charge in [-0.2, -0.15) is 13.2 Å². The number of hydrogen-bond acceptors (Lipinski definition) is 4. The van der Waals surface area contributed by atoms with Gasteiger partial charge in [0.1, 0.15) is 6.61 Å². The fourth-order valence-electron chi connectivity index (χ4n) is 0.892. The molecule has 0 heterocycles. The van der Waals surface area contributed by atoms with Gasteiger partial charge in [0, 0.05) is 13.6 Å². The average Bonchev–Trinajstić information content (AvgIpc) is 2.24. The molecule has 0 radical (unpaired) electrons. The first-order valence-electron chi connectivity index (χ1n) is 4.91. The highest BCUT2D eigenvalue weighted by atomic mass is 35.5. The maximum absolute atomic E-state index is 12.0. The second-order valence-electron chi connectivity index (χ2n) is 3.24. The summed E-state index contributed by atoms with van der Waals surface area (Å²) >= 11 is 4.98. The van der Waals surface area contributed by atoms with Gasteiger partial charge in [-0.15, -0.1) is 0 Å². The molecule has 0 saturated heterocycles. The van der Waals surface area contributed by atoms with Gasteiger partial charge in [-0.05, 0) is 11.6 Å². The molecule has 0 atom stereocenters. The Hall–Kier alpha value is -0.860. The number of nitrogens with zero attached hydrogens (tertiary/aromatic N) is 1. The molecule has 1 amide bonds. The van der Waals surface area contributed by atoms with Crippen molar-refractivity contribution in [2.75, 3.05) is 40.0 Å². The quantitative estimate of drug-likeness (QED) is 0.490. The molecule has 0 N–H and O–H groups in total. The second kappa shape index (κ2) is 8.28. The van der Waals surface area contributed by atoms with Crippen LogP contribution in [0.15, 0.2) is 0 Å². The first-order chi connectivity index (χ1) is 8.25. The number of likely N-dealkylation sites (N-methyl/N-ethyl adjacent to an activating group) is 1. The number of alkyl halides is 3. The molecule has 0 aliphatic heterocycles. The summed E-state index contributed by atoms with van der Waals surface area (Å²) in [6, 6.07) is 0. The largest absolute Gasteiger partial charge is 0.471 e. The Labute approximate surface area is 107 Å². The topological polar surface area (TPSA) is 55.8 Å². The lowest BCUT2D eigenvalue weighted by Crippen LogP contribution is -2.40. The van der Waals surface area contributed by atoms with E-state index >= 15 is 0 Å². The maximum atomic E-state index is 12.0. The van der Waals surface area contributed by atoms with E-state index < -0.39 is 17.3 Å². The zero-order valence-electron chi connectivity index (χ0n) is 9.63. The Kier molecular flexibility index (Phi) is 7.88. The number of ether oxygens (including phenoxy) is 2. The number of rotatable bonds is 8. The second-order valence-corrected chi connectivity index (χ2v) is 3.67. The number of halogens is 4. The van der Waals surface area contributed by atoms with E-state index in [-0.39, 0.29) is 33.0 Å². The van der Waals surface area contributed by atoms with Crippen LogP contribution < -0.4 is 0 Å². The summed E-state index contributed by atoms with van der Waals surface area (Å²) in [5.74, 6) is -1.92. The number of carbonyl (C=O) groups is 2. The van der Waals surface area contributed by atoms with E-state index in [0.717, 1.165) is 7.05 Å². The summed E-state index contributed by atoms with van der Waals surface area (Å²) in [4.78, 5) is 21.4. The number of hydrogen-bond donors (Lipinski definition) is 0. The normalized spacial score (nSPS) is 11.4. The van der Waals surface area contributed by atoms with Crippen molar-refractivity contribution in [2.24, 2.45) is 0 Å². The zero-order valence-corrected chi connectivity index (χ0v) is 10.4. The van der Waals surface area contributed by atoms with Gasteiger partial charge in [-0.25, -0.2) is 0 Å². The molecule has 0 unspecified atom stereocenters. The van der Waals surface area contributed by atoms with Crippen LogP contribution in [-0.2, 0) is 19.1 Å². The zero-order chi connectivity index (χ0) is 14.2. The van der Waals surface area contributed by atoms with Gasteiger partial charge in [0.15, 0.2) is 0 Å². The van der Waals surface area contributed by atoms with Crippen molar-refractivity contribution in [3.8, 4) is 0 Å². The maximum Gasteiger partial charge on any atom is 0.471 e. The van der Waals surface area contributed by atoms with E-state index in [1.54, 1.807) is 0 Å². The van der Waals surface area contributed by atoms with Crippen LogP contribution in [0.25, 0.3) is 0 Å². The highest BCUT2D eigenvalue weighted by Gasteiger charge is 2.40. The fraction of sp³-hybridized carbons (Fsp3) is 0.778. The monoisotopic (exact) mass is 291 g/mol. The summed E-state index contributed by atoms with van der Waals surface area (Å²) in [5, 5.41) is -0.648. The standard InChI is InChI=1S/C9H13ClF3NO4/c1-14(8(16)9(11,12)13)2-3-17-4-5-18-6-7(10)15/h2-6H2,1H3. The number of carbonyl (C=O) groups excluding carboxylic acids is 2. The molecule has 5 nitrogen and oxygen atoms in total. The first-order valence-corrected chi connectivity index (χ1v) is 5.29. The smallest absolute Gasteiger partial charge is 0.377 e. The third kappa shape index (κ3) is 8.26.